The van der Waals surface area contributed by atoms with E-state index in [1.807, 2.05) is 0 Å². The minimum absolute atomic E-state index is 0.408. The lowest BCUT2D eigenvalue weighted by Gasteiger charge is -2.17. The molecule has 0 spiro atoms. The van der Waals surface area contributed by atoms with Crippen LogP contribution in [0.1, 0.15) is 71.1 Å². The largest absolute Gasteiger partial charge is 0.359 e. The fraction of sp³-hybridized carbons (Fsp3) is 0.500. The van der Waals surface area contributed by atoms with Gasteiger partial charge in [-0.1, -0.05) is 57.2 Å². The number of fused-ring (bicyclic) bond motifs is 1. The molecule has 25 heavy (non-hydrogen) atoms. The van der Waals surface area contributed by atoms with Crippen molar-refractivity contribution in [3.63, 3.8) is 0 Å². The molecule has 1 aliphatic rings. The molecule has 1 nitrogen and oxygen atoms in total. The summed E-state index contributed by atoms with van der Waals surface area (Å²) in [6, 6.07) is 6.83. The Morgan fingerprint density at radius 1 is 1.20 bits per heavy atom. The average molecular weight is 338 g/mol. The van der Waals surface area contributed by atoms with Gasteiger partial charge < -0.3 is 5.32 Å². The predicted octanol–water partition coefficient (Wildman–Crippen LogP) is 6.50. The number of aryl methyl sites for hydroxylation is 1. The maximum absolute atomic E-state index is 4.28. The first-order valence-electron chi connectivity index (χ1n) is 9.62. The van der Waals surface area contributed by atoms with Gasteiger partial charge in [-0.15, -0.1) is 0 Å². The molecule has 0 atom stereocenters. The van der Waals surface area contributed by atoms with Crippen molar-refractivity contribution in [2.45, 2.75) is 73.6 Å². The van der Waals surface area contributed by atoms with Crippen molar-refractivity contribution in [3.8, 4) is 0 Å². The third-order valence-electron chi connectivity index (χ3n) is 5.10. The van der Waals surface area contributed by atoms with Crippen LogP contribution in [0.15, 0.2) is 53.4 Å². The van der Waals surface area contributed by atoms with Gasteiger partial charge in [-0.25, -0.2) is 0 Å². The van der Waals surface area contributed by atoms with Gasteiger partial charge in [0.2, 0.25) is 0 Å². The first-order valence-corrected chi connectivity index (χ1v) is 9.62. The normalized spacial score (nSPS) is 15.7. The van der Waals surface area contributed by atoms with Crippen molar-refractivity contribution in [2.75, 3.05) is 0 Å². The van der Waals surface area contributed by atoms with Crippen LogP contribution in [0.2, 0.25) is 0 Å². The van der Waals surface area contributed by atoms with E-state index in [-0.39, 0.29) is 0 Å². The van der Waals surface area contributed by atoms with E-state index in [0.29, 0.717) is 5.41 Å². The molecule has 1 N–H and O–H groups in total. The Morgan fingerprint density at radius 2 is 1.92 bits per heavy atom. The maximum atomic E-state index is 4.28. The zero-order chi connectivity index (χ0) is 18.6. The molecule has 0 heterocycles. The van der Waals surface area contributed by atoms with Crippen LogP contribution in [0.4, 0.5) is 0 Å². The van der Waals surface area contributed by atoms with Crippen molar-refractivity contribution < 1.29 is 0 Å². The molecule has 2 rings (SSSR count). The molecular formula is C24H35N. The fourth-order valence-corrected chi connectivity index (χ4v) is 3.92. The monoisotopic (exact) mass is 337 g/mol. The highest BCUT2D eigenvalue weighted by Gasteiger charge is 2.29. The minimum Gasteiger partial charge on any atom is -0.359 e. The number of hydrogen-bond donors (Lipinski definition) is 1. The first-order chi connectivity index (χ1) is 11.7. The number of nitrogens with one attached hydrogen (secondary N) is 1. The molecule has 1 aromatic carbocycles. The Kier molecular flexibility index (Phi) is 6.32. The van der Waals surface area contributed by atoms with E-state index in [2.05, 4.69) is 77.7 Å². The van der Waals surface area contributed by atoms with Crippen LogP contribution < -0.4 is 5.32 Å². The summed E-state index contributed by atoms with van der Waals surface area (Å²) in [5.41, 5.74) is 10.0. The predicted molar refractivity (Wildman–Crippen MR) is 111 cm³/mol. The Morgan fingerprint density at radius 3 is 2.56 bits per heavy atom. The third kappa shape index (κ3) is 5.11. The van der Waals surface area contributed by atoms with E-state index in [1.54, 1.807) is 11.1 Å². The highest BCUT2D eigenvalue weighted by Crippen LogP contribution is 2.38. The lowest BCUT2D eigenvalue weighted by Crippen LogP contribution is -2.15. The van der Waals surface area contributed by atoms with Gasteiger partial charge in [-0.2, -0.15) is 0 Å². The number of hydrogen-bond acceptors (Lipinski definition) is 1. The lowest BCUT2D eigenvalue weighted by molar-refractivity contribution is 0.392. The Hall–Kier alpha value is -1.76. The molecule has 0 amide bonds. The van der Waals surface area contributed by atoms with Crippen molar-refractivity contribution in [3.05, 3.63) is 70.1 Å². The van der Waals surface area contributed by atoms with Gasteiger partial charge in [0.25, 0.3) is 0 Å². The molecular weight excluding hydrogens is 302 g/mol. The Labute approximate surface area is 154 Å². The highest BCUT2D eigenvalue weighted by molar-refractivity contribution is 5.41. The van der Waals surface area contributed by atoms with Crippen molar-refractivity contribution >= 4 is 0 Å². The van der Waals surface area contributed by atoms with Crippen molar-refractivity contribution in [1.29, 1.82) is 0 Å². The molecule has 0 fully saturated rings. The summed E-state index contributed by atoms with van der Waals surface area (Å²) in [6.07, 6.45) is 7.79. The number of allylic oxidation sites excluding steroid dienone is 4. The summed E-state index contributed by atoms with van der Waals surface area (Å²) in [5.74, 6) is 0. The van der Waals surface area contributed by atoms with E-state index in [4.69, 9.17) is 0 Å². The second kappa shape index (κ2) is 8.08. The van der Waals surface area contributed by atoms with Crippen LogP contribution in [0.25, 0.3) is 0 Å². The third-order valence-corrected chi connectivity index (χ3v) is 5.10. The van der Waals surface area contributed by atoms with Gasteiger partial charge >= 0.3 is 0 Å². The first kappa shape index (κ1) is 19.6. The second-order valence-corrected chi connectivity index (χ2v) is 8.47. The van der Waals surface area contributed by atoms with Gasteiger partial charge in [0.15, 0.2) is 0 Å². The molecule has 0 unspecified atom stereocenters. The van der Waals surface area contributed by atoms with Gasteiger partial charge in [0.1, 0.15) is 0 Å². The van der Waals surface area contributed by atoms with Crippen molar-refractivity contribution in [2.24, 2.45) is 5.41 Å². The zero-order valence-electron chi connectivity index (χ0n) is 17.1. The van der Waals surface area contributed by atoms with E-state index in [0.717, 1.165) is 25.0 Å². The van der Waals surface area contributed by atoms with Crippen molar-refractivity contribution in [1.82, 2.24) is 5.32 Å². The van der Waals surface area contributed by atoms with E-state index in [1.165, 1.54) is 35.2 Å². The minimum atomic E-state index is 0.408. The average Bonchev–Trinajstić information content (AvgIpc) is 2.84. The van der Waals surface area contributed by atoms with Crippen LogP contribution in [0, 0.1) is 5.41 Å². The van der Waals surface area contributed by atoms with Gasteiger partial charge in [-0.3, -0.25) is 0 Å². The molecule has 136 valence electrons. The molecule has 0 aliphatic heterocycles. The van der Waals surface area contributed by atoms with Crippen LogP contribution >= 0.6 is 0 Å². The summed E-state index contributed by atoms with van der Waals surface area (Å²) >= 11 is 0. The molecule has 0 saturated heterocycles. The van der Waals surface area contributed by atoms with Crippen LogP contribution in [-0.2, 0) is 19.3 Å². The van der Waals surface area contributed by atoms with Gasteiger partial charge in [0.05, 0.1) is 0 Å². The summed E-state index contributed by atoms with van der Waals surface area (Å²) in [5, 5.41) is 3.57. The quantitative estimate of drug-likeness (QED) is 0.560. The molecule has 0 aromatic heterocycles. The van der Waals surface area contributed by atoms with Crippen LogP contribution in [0.3, 0.4) is 0 Å². The Balaban J connectivity index is 2.04. The second-order valence-electron chi connectivity index (χ2n) is 8.47. The standard InChI is InChI=1S/C24H35N/c1-8-10-18(4)23(17(2)3)25-19(5)13-14-20-11-9-12-21-15-24(6,7)16-22(20)21/h9-12,25H,5,8,13-16H2,1-4,6-7H3/b18-10-. The van der Waals surface area contributed by atoms with E-state index >= 15 is 0 Å². The fourth-order valence-electron chi connectivity index (χ4n) is 3.92. The summed E-state index contributed by atoms with van der Waals surface area (Å²) < 4.78 is 0. The molecule has 1 aliphatic carbocycles. The number of rotatable bonds is 7. The van der Waals surface area contributed by atoms with Crippen LogP contribution in [0.5, 0.6) is 0 Å². The van der Waals surface area contributed by atoms with Gasteiger partial charge in [-0.05, 0) is 80.6 Å². The summed E-state index contributed by atoms with van der Waals surface area (Å²) in [7, 11) is 0. The zero-order valence-corrected chi connectivity index (χ0v) is 17.1. The maximum Gasteiger partial charge on any atom is 0.0394 e. The van der Waals surface area contributed by atoms with Gasteiger partial charge in [0, 0.05) is 11.4 Å². The van der Waals surface area contributed by atoms with E-state index < -0.39 is 0 Å². The Bertz CT molecular complexity index is 697. The summed E-state index contributed by atoms with van der Waals surface area (Å²) in [6.45, 7) is 17.7. The lowest BCUT2D eigenvalue weighted by atomic mass is 9.89. The smallest absolute Gasteiger partial charge is 0.0394 e. The topological polar surface area (TPSA) is 12.0 Å². The highest BCUT2D eigenvalue weighted by atomic mass is 14.9. The molecule has 0 saturated carbocycles. The SMILES string of the molecule is C=C(CCc1cccc2c1CC(C)(C)C2)NC(=C(C)C)/C(C)=C\CC. The molecule has 1 heteroatoms. The molecule has 0 radical (unpaired) electrons. The summed E-state index contributed by atoms with van der Waals surface area (Å²) in [4.78, 5) is 0. The van der Waals surface area contributed by atoms with E-state index in [9.17, 15) is 0 Å². The number of benzene rings is 1. The molecule has 0 bridgehead atoms. The molecule has 1 aromatic rings. The van der Waals surface area contributed by atoms with Crippen LogP contribution in [-0.4, -0.2) is 0 Å².